The van der Waals surface area contributed by atoms with E-state index in [-0.39, 0.29) is 5.82 Å². The van der Waals surface area contributed by atoms with E-state index in [4.69, 9.17) is 9.47 Å². The standard InChI is InChI=1S/C17H24N4O4/c1-10-8-11-12(19-9-18-11)13(20-10)21(14(22)24-16(2,3)4)15(23)25-17(5,6)7/h8-9H,1-7H3,(H,18,19). The number of rotatable bonds is 1. The molecule has 0 fully saturated rings. The Morgan fingerprint density at radius 1 is 1.04 bits per heavy atom. The molecule has 0 atom stereocenters. The normalized spacial score (nSPS) is 12.1. The molecule has 8 heteroatoms. The van der Waals surface area contributed by atoms with Crippen LogP contribution in [0, 0.1) is 6.92 Å². The third-order valence-electron chi connectivity index (χ3n) is 2.88. The highest BCUT2D eigenvalue weighted by atomic mass is 16.6. The molecule has 0 aliphatic heterocycles. The van der Waals surface area contributed by atoms with Gasteiger partial charge in [-0.3, -0.25) is 0 Å². The molecule has 0 radical (unpaired) electrons. The van der Waals surface area contributed by atoms with Crippen LogP contribution in [0.5, 0.6) is 0 Å². The van der Waals surface area contributed by atoms with Gasteiger partial charge in [-0.05, 0) is 54.5 Å². The minimum atomic E-state index is -0.871. The van der Waals surface area contributed by atoms with Gasteiger partial charge in [-0.15, -0.1) is 0 Å². The highest BCUT2D eigenvalue weighted by molar-refractivity contribution is 6.12. The van der Waals surface area contributed by atoms with Gasteiger partial charge >= 0.3 is 12.2 Å². The zero-order chi connectivity index (χ0) is 19.0. The van der Waals surface area contributed by atoms with Gasteiger partial charge in [0.2, 0.25) is 0 Å². The summed E-state index contributed by atoms with van der Waals surface area (Å²) in [5.41, 5.74) is 0.0726. The molecule has 2 heterocycles. The minimum absolute atomic E-state index is 0.0692. The first-order valence-corrected chi connectivity index (χ1v) is 7.94. The van der Waals surface area contributed by atoms with Crippen LogP contribution in [0.2, 0.25) is 0 Å². The third kappa shape index (κ3) is 4.68. The molecular formula is C17H24N4O4. The summed E-state index contributed by atoms with van der Waals surface area (Å²) in [5.74, 6) is 0.0692. The smallest absolute Gasteiger partial charge is 0.425 e. The first-order valence-electron chi connectivity index (χ1n) is 7.94. The number of imidazole rings is 1. The number of hydrogen-bond donors (Lipinski definition) is 1. The Kier molecular flexibility index (Phi) is 4.74. The van der Waals surface area contributed by atoms with Crippen molar-refractivity contribution in [2.24, 2.45) is 0 Å². The van der Waals surface area contributed by atoms with Crippen molar-refractivity contribution < 1.29 is 19.1 Å². The molecule has 0 saturated carbocycles. The molecule has 0 aliphatic rings. The van der Waals surface area contributed by atoms with Crippen molar-refractivity contribution >= 4 is 29.0 Å². The van der Waals surface area contributed by atoms with Crippen molar-refractivity contribution in [3.63, 3.8) is 0 Å². The lowest BCUT2D eigenvalue weighted by Gasteiger charge is -2.28. The molecule has 2 rings (SSSR count). The van der Waals surface area contributed by atoms with Crippen molar-refractivity contribution in [3.05, 3.63) is 18.1 Å². The molecule has 2 aromatic rings. The number of nitrogens with zero attached hydrogens (tertiary/aromatic N) is 3. The van der Waals surface area contributed by atoms with Crippen LogP contribution in [0.3, 0.4) is 0 Å². The highest BCUT2D eigenvalue weighted by Crippen LogP contribution is 2.26. The largest absolute Gasteiger partial charge is 0.443 e. The number of hydrogen-bond acceptors (Lipinski definition) is 6. The highest BCUT2D eigenvalue weighted by Gasteiger charge is 2.35. The number of imide groups is 1. The quantitative estimate of drug-likeness (QED) is 0.838. The van der Waals surface area contributed by atoms with Crippen LogP contribution >= 0.6 is 0 Å². The molecule has 0 bridgehead atoms. The lowest BCUT2D eigenvalue weighted by Crippen LogP contribution is -2.44. The number of carbonyl (C=O) groups excluding carboxylic acids is 2. The van der Waals surface area contributed by atoms with E-state index < -0.39 is 23.4 Å². The number of anilines is 1. The fraction of sp³-hybridized carbons (Fsp3) is 0.529. The number of aromatic nitrogens is 3. The monoisotopic (exact) mass is 348 g/mol. The van der Waals surface area contributed by atoms with Gasteiger partial charge in [-0.1, -0.05) is 0 Å². The molecule has 2 amide bonds. The summed E-state index contributed by atoms with van der Waals surface area (Å²) in [6.45, 7) is 12.0. The zero-order valence-corrected chi connectivity index (χ0v) is 15.6. The number of aryl methyl sites for hydroxylation is 1. The van der Waals surface area contributed by atoms with Crippen molar-refractivity contribution in [1.29, 1.82) is 0 Å². The fourth-order valence-electron chi connectivity index (χ4n) is 2.07. The number of amides is 2. The maximum Gasteiger partial charge on any atom is 0.425 e. The lowest BCUT2D eigenvalue weighted by atomic mass is 10.2. The number of fused-ring (bicyclic) bond motifs is 1. The molecule has 8 nitrogen and oxygen atoms in total. The van der Waals surface area contributed by atoms with E-state index in [1.807, 2.05) is 0 Å². The molecule has 2 aromatic heterocycles. The fourth-order valence-corrected chi connectivity index (χ4v) is 2.07. The summed E-state index contributed by atoms with van der Waals surface area (Å²) >= 11 is 0. The number of H-pyrrole nitrogens is 1. The zero-order valence-electron chi connectivity index (χ0n) is 15.6. The van der Waals surface area contributed by atoms with Crippen molar-refractivity contribution in [3.8, 4) is 0 Å². The van der Waals surface area contributed by atoms with Crippen LogP contribution in [0.25, 0.3) is 11.0 Å². The molecule has 0 spiro atoms. The van der Waals surface area contributed by atoms with Crippen LogP contribution in [-0.4, -0.2) is 38.3 Å². The van der Waals surface area contributed by atoms with Gasteiger partial charge in [0.1, 0.15) is 16.7 Å². The number of nitrogens with one attached hydrogen (secondary N) is 1. The summed E-state index contributed by atoms with van der Waals surface area (Å²) in [4.78, 5) is 37.6. The first kappa shape index (κ1) is 18.7. The Hall–Kier alpha value is -2.64. The predicted molar refractivity (Wildman–Crippen MR) is 93.6 cm³/mol. The van der Waals surface area contributed by atoms with E-state index in [1.54, 1.807) is 54.5 Å². The van der Waals surface area contributed by atoms with E-state index in [2.05, 4.69) is 15.0 Å². The number of aromatic amines is 1. The van der Waals surface area contributed by atoms with Gasteiger partial charge in [0.15, 0.2) is 5.82 Å². The van der Waals surface area contributed by atoms with E-state index in [0.29, 0.717) is 16.7 Å². The summed E-state index contributed by atoms with van der Waals surface area (Å²) < 4.78 is 10.7. The van der Waals surface area contributed by atoms with Crippen LogP contribution in [0.15, 0.2) is 12.4 Å². The SMILES string of the molecule is Cc1cc2[nH]cnc2c(N(C(=O)OC(C)(C)C)C(=O)OC(C)(C)C)n1. The number of ether oxygens (including phenoxy) is 2. The lowest BCUT2D eigenvalue weighted by molar-refractivity contribution is 0.0429. The Balaban J connectivity index is 2.55. The van der Waals surface area contributed by atoms with Crippen LogP contribution in [0.4, 0.5) is 15.4 Å². The second-order valence-electron chi connectivity index (χ2n) is 7.68. The molecular weight excluding hydrogens is 324 g/mol. The van der Waals surface area contributed by atoms with Crippen molar-refractivity contribution in [2.45, 2.75) is 59.7 Å². The average Bonchev–Trinajstić information content (AvgIpc) is 2.82. The molecule has 136 valence electrons. The molecule has 0 aromatic carbocycles. The average molecular weight is 348 g/mol. The molecule has 1 N–H and O–H groups in total. The summed E-state index contributed by atoms with van der Waals surface area (Å²) in [5, 5.41) is 0. The minimum Gasteiger partial charge on any atom is -0.443 e. The summed E-state index contributed by atoms with van der Waals surface area (Å²) in [7, 11) is 0. The van der Waals surface area contributed by atoms with E-state index in [9.17, 15) is 9.59 Å². The Bertz CT molecular complexity index is 771. The van der Waals surface area contributed by atoms with Gasteiger partial charge in [-0.25, -0.2) is 19.6 Å². The second-order valence-corrected chi connectivity index (χ2v) is 7.68. The Morgan fingerprint density at radius 3 is 2.04 bits per heavy atom. The summed E-state index contributed by atoms with van der Waals surface area (Å²) in [6.07, 6.45) is -0.272. The van der Waals surface area contributed by atoms with Gasteiger partial charge in [0.25, 0.3) is 0 Å². The molecule has 0 saturated heterocycles. The van der Waals surface area contributed by atoms with Crippen LogP contribution < -0.4 is 4.90 Å². The van der Waals surface area contributed by atoms with Gasteiger partial charge in [0.05, 0.1) is 11.8 Å². The van der Waals surface area contributed by atoms with Crippen molar-refractivity contribution in [1.82, 2.24) is 15.0 Å². The molecule has 25 heavy (non-hydrogen) atoms. The third-order valence-corrected chi connectivity index (χ3v) is 2.88. The van der Waals surface area contributed by atoms with Crippen LogP contribution in [-0.2, 0) is 9.47 Å². The molecule has 0 aliphatic carbocycles. The predicted octanol–water partition coefficient (Wildman–Crippen LogP) is 3.94. The number of pyridine rings is 1. The van der Waals surface area contributed by atoms with Gasteiger partial charge in [0, 0.05) is 5.69 Å². The van der Waals surface area contributed by atoms with Crippen LogP contribution in [0.1, 0.15) is 47.2 Å². The topological polar surface area (TPSA) is 97.4 Å². The second kappa shape index (κ2) is 6.34. The summed E-state index contributed by atoms with van der Waals surface area (Å²) in [6, 6.07) is 1.77. The maximum absolute atomic E-state index is 12.7. The first-order chi connectivity index (χ1) is 11.4. The Morgan fingerprint density at radius 2 is 1.56 bits per heavy atom. The van der Waals surface area contributed by atoms with E-state index >= 15 is 0 Å². The van der Waals surface area contributed by atoms with E-state index in [1.165, 1.54) is 6.33 Å². The van der Waals surface area contributed by atoms with E-state index in [0.717, 1.165) is 4.90 Å². The van der Waals surface area contributed by atoms with Gasteiger partial charge < -0.3 is 14.5 Å². The molecule has 0 unspecified atom stereocenters. The van der Waals surface area contributed by atoms with Crippen molar-refractivity contribution in [2.75, 3.05) is 4.90 Å². The number of carbonyl (C=O) groups is 2. The van der Waals surface area contributed by atoms with Gasteiger partial charge in [-0.2, -0.15) is 4.90 Å². The Labute approximate surface area is 146 Å². The maximum atomic E-state index is 12.7.